The maximum atomic E-state index is 12.5. The number of amides is 1. The van der Waals surface area contributed by atoms with Crippen LogP contribution in [-0.4, -0.2) is 32.9 Å². The Morgan fingerprint density at radius 2 is 2.16 bits per heavy atom. The molecule has 3 rings (SSSR count). The van der Waals surface area contributed by atoms with Gasteiger partial charge < -0.3 is 10.1 Å². The number of ether oxygens (including phenoxy) is 1. The molecule has 0 saturated carbocycles. The Morgan fingerprint density at radius 3 is 2.88 bits per heavy atom. The van der Waals surface area contributed by atoms with Gasteiger partial charge in [0, 0.05) is 23.1 Å². The second-order valence-corrected chi connectivity index (χ2v) is 6.08. The average molecular weight is 403 g/mol. The second kappa shape index (κ2) is 7.43. The van der Waals surface area contributed by atoms with Crippen molar-refractivity contribution in [3.63, 3.8) is 0 Å². The van der Waals surface area contributed by atoms with E-state index in [1.165, 1.54) is 6.20 Å². The first-order valence-electron chi connectivity index (χ1n) is 7.62. The average Bonchev–Trinajstić information content (AvgIpc) is 2.92. The highest BCUT2D eigenvalue weighted by molar-refractivity contribution is 9.10. The molecule has 25 heavy (non-hydrogen) atoms. The minimum absolute atomic E-state index is 0.0320. The smallest absolute Gasteiger partial charge is 0.312 e. The van der Waals surface area contributed by atoms with Crippen LogP contribution in [0.2, 0.25) is 0 Å². The molecule has 8 heteroatoms. The summed E-state index contributed by atoms with van der Waals surface area (Å²) in [6, 6.07) is 6.97. The second-order valence-electron chi connectivity index (χ2n) is 5.16. The van der Waals surface area contributed by atoms with Crippen LogP contribution in [0.15, 0.2) is 47.3 Å². The van der Waals surface area contributed by atoms with E-state index in [4.69, 9.17) is 4.74 Å². The van der Waals surface area contributed by atoms with E-state index in [1.807, 2.05) is 6.07 Å². The van der Waals surface area contributed by atoms with E-state index < -0.39 is 5.97 Å². The van der Waals surface area contributed by atoms with Crippen molar-refractivity contribution in [3.8, 4) is 0 Å². The molecular formula is C17H15BrN4O3. The molecule has 1 amide bonds. The van der Waals surface area contributed by atoms with Crippen molar-refractivity contribution in [1.29, 1.82) is 0 Å². The summed E-state index contributed by atoms with van der Waals surface area (Å²) >= 11 is 3.40. The number of pyridine rings is 2. The van der Waals surface area contributed by atoms with Crippen LogP contribution in [0.25, 0.3) is 5.65 Å². The van der Waals surface area contributed by atoms with Gasteiger partial charge in [0.05, 0.1) is 24.3 Å². The standard InChI is InChI=1S/C17H15BrN4O3/c1-2-25-15(23)8-13-16(21-17(24)11-4-3-7-19-9-11)22-10-12(18)5-6-14(22)20-13/h3-7,9-10H,2,8H2,1H3,(H,21,24). The van der Waals surface area contributed by atoms with Crippen molar-refractivity contribution in [2.24, 2.45) is 0 Å². The third kappa shape index (κ3) is 3.85. The number of imidazole rings is 1. The van der Waals surface area contributed by atoms with Gasteiger partial charge in [-0.1, -0.05) is 0 Å². The predicted octanol–water partition coefficient (Wildman–Crippen LogP) is 2.85. The highest BCUT2D eigenvalue weighted by Crippen LogP contribution is 2.22. The molecule has 7 nitrogen and oxygen atoms in total. The van der Waals surface area contributed by atoms with Crippen molar-refractivity contribution in [2.75, 3.05) is 11.9 Å². The highest BCUT2D eigenvalue weighted by atomic mass is 79.9. The largest absolute Gasteiger partial charge is 0.466 e. The molecule has 1 N–H and O–H groups in total. The number of carbonyl (C=O) groups is 2. The summed E-state index contributed by atoms with van der Waals surface area (Å²) in [4.78, 5) is 32.7. The number of rotatable bonds is 5. The fourth-order valence-corrected chi connectivity index (χ4v) is 2.69. The number of carbonyl (C=O) groups excluding carboxylic acids is 2. The fourth-order valence-electron chi connectivity index (χ4n) is 2.35. The van der Waals surface area contributed by atoms with Gasteiger partial charge in [0.25, 0.3) is 5.91 Å². The number of nitrogens with zero attached hydrogens (tertiary/aromatic N) is 3. The minimum atomic E-state index is -0.401. The highest BCUT2D eigenvalue weighted by Gasteiger charge is 2.19. The molecule has 0 aliphatic heterocycles. The van der Waals surface area contributed by atoms with Crippen molar-refractivity contribution in [3.05, 3.63) is 58.6 Å². The number of aromatic nitrogens is 3. The Bertz CT molecular complexity index is 924. The quantitative estimate of drug-likeness (QED) is 0.663. The molecule has 3 heterocycles. The number of hydrogen-bond donors (Lipinski definition) is 1. The van der Waals surface area contributed by atoms with Crippen molar-refractivity contribution < 1.29 is 14.3 Å². The zero-order chi connectivity index (χ0) is 17.8. The van der Waals surface area contributed by atoms with E-state index in [-0.39, 0.29) is 18.9 Å². The lowest BCUT2D eigenvalue weighted by Gasteiger charge is -2.08. The Hall–Kier alpha value is -2.74. The first-order chi connectivity index (χ1) is 12.1. The van der Waals surface area contributed by atoms with Crippen LogP contribution in [0.3, 0.4) is 0 Å². The molecule has 0 atom stereocenters. The lowest BCUT2D eigenvalue weighted by atomic mass is 10.2. The lowest BCUT2D eigenvalue weighted by molar-refractivity contribution is -0.142. The number of halogens is 1. The molecule has 0 saturated heterocycles. The van der Waals surface area contributed by atoms with Crippen LogP contribution in [0.5, 0.6) is 0 Å². The van der Waals surface area contributed by atoms with Gasteiger partial charge in [-0.2, -0.15) is 0 Å². The zero-order valence-electron chi connectivity index (χ0n) is 13.4. The molecule has 0 aliphatic rings. The van der Waals surface area contributed by atoms with Crippen LogP contribution < -0.4 is 5.32 Å². The Morgan fingerprint density at radius 1 is 1.32 bits per heavy atom. The number of fused-ring (bicyclic) bond motifs is 1. The Kier molecular flexibility index (Phi) is 5.08. The molecule has 0 aliphatic carbocycles. The monoisotopic (exact) mass is 402 g/mol. The third-order valence-electron chi connectivity index (χ3n) is 3.43. The van der Waals surface area contributed by atoms with Gasteiger partial charge in [-0.3, -0.25) is 19.0 Å². The van der Waals surface area contributed by atoms with E-state index in [0.29, 0.717) is 22.7 Å². The SMILES string of the molecule is CCOC(=O)Cc1nc2ccc(Br)cn2c1NC(=O)c1cccnc1. The zero-order valence-corrected chi connectivity index (χ0v) is 15.0. The summed E-state index contributed by atoms with van der Waals surface area (Å²) in [5, 5.41) is 2.82. The van der Waals surface area contributed by atoms with Crippen LogP contribution >= 0.6 is 15.9 Å². The van der Waals surface area contributed by atoms with Crippen LogP contribution in [0, 0.1) is 0 Å². The van der Waals surface area contributed by atoms with Gasteiger partial charge in [-0.25, -0.2) is 4.98 Å². The summed E-state index contributed by atoms with van der Waals surface area (Å²) in [6.45, 7) is 2.03. The van der Waals surface area contributed by atoms with Crippen LogP contribution in [0.1, 0.15) is 23.0 Å². The minimum Gasteiger partial charge on any atom is -0.466 e. The van der Waals surface area contributed by atoms with E-state index >= 15 is 0 Å². The summed E-state index contributed by atoms with van der Waals surface area (Å²) in [7, 11) is 0. The molecule has 0 bridgehead atoms. The molecule has 128 valence electrons. The molecule has 3 aromatic rings. The van der Waals surface area contributed by atoms with Crippen LogP contribution in [0.4, 0.5) is 5.82 Å². The number of anilines is 1. The van der Waals surface area contributed by atoms with E-state index in [9.17, 15) is 9.59 Å². The molecule has 3 aromatic heterocycles. The van der Waals surface area contributed by atoms with Gasteiger partial charge in [0.2, 0.25) is 0 Å². The topological polar surface area (TPSA) is 85.6 Å². The van der Waals surface area contributed by atoms with Crippen molar-refractivity contribution >= 4 is 39.3 Å². The van der Waals surface area contributed by atoms with Gasteiger partial charge >= 0.3 is 5.97 Å². The van der Waals surface area contributed by atoms with E-state index in [2.05, 4.69) is 31.2 Å². The maximum absolute atomic E-state index is 12.5. The molecule has 0 spiro atoms. The first kappa shape index (κ1) is 17.1. The van der Waals surface area contributed by atoms with Crippen molar-refractivity contribution in [2.45, 2.75) is 13.3 Å². The van der Waals surface area contributed by atoms with E-state index in [1.54, 1.807) is 41.9 Å². The summed E-state index contributed by atoms with van der Waals surface area (Å²) < 4.78 is 7.52. The summed E-state index contributed by atoms with van der Waals surface area (Å²) in [5.41, 5.74) is 1.47. The van der Waals surface area contributed by atoms with Gasteiger partial charge in [-0.05, 0) is 47.1 Å². The molecular weight excluding hydrogens is 388 g/mol. The third-order valence-corrected chi connectivity index (χ3v) is 3.90. The van der Waals surface area contributed by atoms with Gasteiger partial charge in [0.15, 0.2) is 0 Å². The summed E-state index contributed by atoms with van der Waals surface area (Å²) in [6.07, 6.45) is 4.80. The Balaban J connectivity index is 1.99. The normalized spacial score (nSPS) is 10.6. The Labute approximate surface area is 152 Å². The van der Waals surface area contributed by atoms with Gasteiger partial charge in [0.1, 0.15) is 11.5 Å². The van der Waals surface area contributed by atoms with Gasteiger partial charge in [-0.15, -0.1) is 0 Å². The predicted molar refractivity (Wildman–Crippen MR) is 95.4 cm³/mol. The molecule has 0 radical (unpaired) electrons. The van der Waals surface area contributed by atoms with Crippen molar-refractivity contribution in [1.82, 2.24) is 14.4 Å². The van der Waals surface area contributed by atoms with Crippen LogP contribution in [-0.2, 0) is 16.0 Å². The lowest BCUT2D eigenvalue weighted by Crippen LogP contribution is -2.16. The number of esters is 1. The molecule has 0 unspecified atom stereocenters. The molecule has 0 aromatic carbocycles. The molecule has 0 fully saturated rings. The first-order valence-corrected chi connectivity index (χ1v) is 8.41. The summed E-state index contributed by atoms with van der Waals surface area (Å²) in [5.74, 6) is -0.306. The number of hydrogen-bond acceptors (Lipinski definition) is 5. The maximum Gasteiger partial charge on any atom is 0.312 e. The van der Waals surface area contributed by atoms with E-state index in [0.717, 1.165) is 4.47 Å². The fraction of sp³-hybridized carbons (Fsp3) is 0.176. The number of nitrogens with one attached hydrogen (secondary N) is 1.